The summed E-state index contributed by atoms with van der Waals surface area (Å²) in [5, 5.41) is 0.956. The second-order valence-corrected chi connectivity index (χ2v) is 5.77. The SMILES string of the molecule is CN(CC(=O)NNC(=O)Cc1c[nH]c2ccccc12)C(=O)c1ccco1. The third-order valence-electron chi connectivity index (χ3n) is 3.83. The molecule has 0 saturated carbocycles. The molecule has 3 N–H and O–H groups in total. The van der Waals surface area contributed by atoms with Gasteiger partial charge >= 0.3 is 0 Å². The van der Waals surface area contributed by atoms with Crippen LogP contribution in [0.5, 0.6) is 0 Å². The fraction of sp³-hybridized carbons (Fsp3) is 0.167. The number of nitrogens with zero attached hydrogens (tertiary/aromatic N) is 1. The van der Waals surface area contributed by atoms with Gasteiger partial charge in [-0.3, -0.25) is 25.2 Å². The number of para-hydroxylation sites is 1. The van der Waals surface area contributed by atoms with Gasteiger partial charge in [-0.15, -0.1) is 0 Å². The maximum Gasteiger partial charge on any atom is 0.289 e. The van der Waals surface area contributed by atoms with Crippen molar-refractivity contribution < 1.29 is 18.8 Å². The number of nitrogens with one attached hydrogen (secondary N) is 3. The van der Waals surface area contributed by atoms with Crippen LogP contribution in [0.2, 0.25) is 0 Å². The average molecular weight is 354 g/mol. The topological polar surface area (TPSA) is 107 Å². The lowest BCUT2D eigenvalue weighted by Gasteiger charge is -2.15. The number of rotatable bonds is 5. The monoisotopic (exact) mass is 354 g/mol. The molecule has 0 atom stereocenters. The Hall–Kier alpha value is -3.55. The van der Waals surface area contributed by atoms with Gasteiger partial charge in [0.1, 0.15) is 6.54 Å². The standard InChI is InChI=1S/C18H18N4O4/c1-22(18(25)15-7-4-8-26-15)11-17(24)21-20-16(23)9-12-10-19-14-6-3-2-5-13(12)14/h2-8,10,19H,9,11H2,1H3,(H,20,23)(H,21,24). The van der Waals surface area contributed by atoms with Crippen molar-refractivity contribution in [1.29, 1.82) is 0 Å². The van der Waals surface area contributed by atoms with Gasteiger partial charge in [0.2, 0.25) is 5.91 Å². The number of carbonyl (C=O) groups is 3. The number of hydrazine groups is 1. The first-order chi connectivity index (χ1) is 12.5. The molecule has 2 heterocycles. The van der Waals surface area contributed by atoms with Crippen molar-refractivity contribution in [3.05, 3.63) is 60.2 Å². The van der Waals surface area contributed by atoms with Crippen LogP contribution < -0.4 is 10.9 Å². The quantitative estimate of drug-likeness (QED) is 0.599. The van der Waals surface area contributed by atoms with E-state index in [9.17, 15) is 14.4 Å². The van der Waals surface area contributed by atoms with Gasteiger partial charge in [0.15, 0.2) is 5.76 Å². The number of hydrogen-bond donors (Lipinski definition) is 3. The van der Waals surface area contributed by atoms with E-state index in [2.05, 4.69) is 15.8 Å². The van der Waals surface area contributed by atoms with E-state index in [4.69, 9.17) is 4.42 Å². The molecule has 0 saturated heterocycles. The molecule has 0 unspecified atom stereocenters. The molecule has 0 bridgehead atoms. The van der Waals surface area contributed by atoms with Gasteiger partial charge in [0, 0.05) is 24.1 Å². The first-order valence-electron chi connectivity index (χ1n) is 7.96. The summed E-state index contributed by atoms with van der Waals surface area (Å²) in [4.78, 5) is 40.2. The van der Waals surface area contributed by atoms with Gasteiger partial charge in [-0.2, -0.15) is 0 Å². The number of furan rings is 1. The highest BCUT2D eigenvalue weighted by Crippen LogP contribution is 2.17. The van der Waals surface area contributed by atoms with E-state index in [0.717, 1.165) is 16.5 Å². The highest BCUT2D eigenvalue weighted by Gasteiger charge is 2.17. The third-order valence-corrected chi connectivity index (χ3v) is 3.83. The number of H-pyrrole nitrogens is 1. The lowest BCUT2D eigenvalue weighted by atomic mass is 10.1. The molecular formula is C18H18N4O4. The smallest absolute Gasteiger partial charge is 0.289 e. The number of hydrogen-bond acceptors (Lipinski definition) is 4. The van der Waals surface area contributed by atoms with Crippen molar-refractivity contribution in [3.8, 4) is 0 Å². The Balaban J connectivity index is 1.48. The zero-order valence-corrected chi connectivity index (χ0v) is 14.1. The van der Waals surface area contributed by atoms with E-state index in [1.807, 2.05) is 24.3 Å². The van der Waals surface area contributed by atoms with Crippen LogP contribution in [-0.2, 0) is 16.0 Å². The molecule has 134 valence electrons. The number of aromatic amines is 1. The maximum atomic E-state index is 12.0. The molecule has 1 aromatic carbocycles. The second kappa shape index (κ2) is 7.56. The normalized spacial score (nSPS) is 10.5. The van der Waals surface area contributed by atoms with Crippen LogP contribution in [0.25, 0.3) is 10.9 Å². The van der Waals surface area contributed by atoms with E-state index in [0.29, 0.717) is 0 Å². The highest BCUT2D eigenvalue weighted by molar-refractivity contribution is 5.94. The van der Waals surface area contributed by atoms with Crippen LogP contribution in [0.1, 0.15) is 16.1 Å². The Morgan fingerprint density at radius 1 is 1.08 bits per heavy atom. The van der Waals surface area contributed by atoms with Crippen LogP contribution in [0.15, 0.2) is 53.3 Å². The van der Waals surface area contributed by atoms with Crippen LogP contribution in [-0.4, -0.2) is 41.2 Å². The molecule has 0 fully saturated rings. The fourth-order valence-electron chi connectivity index (χ4n) is 2.55. The summed E-state index contributed by atoms with van der Waals surface area (Å²) in [6.45, 7) is -0.215. The Morgan fingerprint density at radius 3 is 2.62 bits per heavy atom. The first-order valence-corrected chi connectivity index (χ1v) is 7.96. The molecule has 0 aliphatic heterocycles. The molecule has 3 aromatic rings. The number of benzene rings is 1. The van der Waals surface area contributed by atoms with E-state index < -0.39 is 11.8 Å². The minimum absolute atomic E-state index is 0.117. The molecule has 8 nitrogen and oxygen atoms in total. The minimum Gasteiger partial charge on any atom is -0.459 e. The van der Waals surface area contributed by atoms with E-state index in [-0.39, 0.29) is 24.6 Å². The van der Waals surface area contributed by atoms with Crippen LogP contribution in [0.4, 0.5) is 0 Å². The Labute approximate surface area is 149 Å². The maximum absolute atomic E-state index is 12.0. The van der Waals surface area contributed by atoms with Crippen LogP contribution in [0, 0.1) is 0 Å². The largest absolute Gasteiger partial charge is 0.459 e. The number of aromatic nitrogens is 1. The van der Waals surface area contributed by atoms with E-state index in [1.54, 1.807) is 12.3 Å². The number of carbonyl (C=O) groups excluding carboxylic acids is 3. The summed E-state index contributed by atoms with van der Waals surface area (Å²) in [5.74, 6) is -1.15. The summed E-state index contributed by atoms with van der Waals surface area (Å²) in [5.41, 5.74) is 6.42. The third kappa shape index (κ3) is 3.92. The van der Waals surface area contributed by atoms with Crippen LogP contribution in [0.3, 0.4) is 0 Å². The van der Waals surface area contributed by atoms with Gasteiger partial charge in [0.25, 0.3) is 11.8 Å². The van der Waals surface area contributed by atoms with Crippen molar-refractivity contribution >= 4 is 28.6 Å². The van der Waals surface area contributed by atoms with Crippen LogP contribution >= 0.6 is 0 Å². The van der Waals surface area contributed by atoms with Gasteiger partial charge in [-0.1, -0.05) is 18.2 Å². The summed E-state index contributed by atoms with van der Waals surface area (Å²) in [6.07, 6.45) is 3.26. The predicted molar refractivity (Wildman–Crippen MR) is 94.0 cm³/mol. The predicted octanol–water partition coefficient (Wildman–Crippen LogP) is 1.22. The Morgan fingerprint density at radius 2 is 1.85 bits per heavy atom. The molecule has 0 aliphatic rings. The molecule has 3 amide bonds. The Bertz CT molecular complexity index is 930. The van der Waals surface area contributed by atoms with Crippen molar-refractivity contribution in [2.45, 2.75) is 6.42 Å². The van der Waals surface area contributed by atoms with Gasteiger partial charge in [-0.05, 0) is 23.8 Å². The van der Waals surface area contributed by atoms with E-state index >= 15 is 0 Å². The van der Waals surface area contributed by atoms with Gasteiger partial charge in [-0.25, -0.2) is 0 Å². The zero-order valence-electron chi connectivity index (χ0n) is 14.1. The molecular weight excluding hydrogens is 336 g/mol. The van der Waals surface area contributed by atoms with E-state index in [1.165, 1.54) is 24.3 Å². The van der Waals surface area contributed by atoms with Gasteiger partial charge < -0.3 is 14.3 Å². The fourth-order valence-corrected chi connectivity index (χ4v) is 2.55. The summed E-state index contributed by atoms with van der Waals surface area (Å²) in [6, 6.07) is 10.7. The number of amides is 3. The average Bonchev–Trinajstić information content (AvgIpc) is 3.30. The Kier molecular flexibility index (Phi) is 5.02. The molecule has 8 heteroatoms. The van der Waals surface area contributed by atoms with Crippen molar-refractivity contribution in [3.63, 3.8) is 0 Å². The lowest BCUT2D eigenvalue weighted by Crippen LogP contribution is -2.47. The number of likely N-dealkylation sites (N-methyl/N-ethyl adjacent to an activating group) is 1. The molecule has 0 radical (unpaired) electrons. The molecule has 26 heavy (non-hydrogen) atoms. The summed E-state index contributed by atoms with van der Waals surface area (Å²) >= 11 is 0. The second-order valence-electron chi connectivity index (χ2n) is 5.77. The van der Waals surface area contributed by atoms with Gasteiger partial charge in [0.05, 0.1) is 12.7 Å². The van der Waals surface area contributed by atoms with Crippen molar-refractivity contribution in [2.24, 2.45) is 0 Å². The molecule has 3 rings (SSSR count). The first kappa shape index (κ1) is 17.3. The zero-order chi connectivity index (χ0) is 18.5. The number of fused-ring (bicyclic) bond motifs is 1. The molecule has 0 aliphatic carbocycles. The summed E-state index contributed by atoms with van der Waals surface area (Å²) in [7, 11) is 1.47. The van der Waals surface area contributed by atoms with Crippen molar-refractivity contribution in [2.75, 3.05) is 13.6 Å². The lowest BCUT2D eigenvalue weighted by molar-refractivity contribution is -0.128. The molecule has 2 aromatic heterocycles. The minimum atomic E-state index is -0.514. The highest BCUT2D eigenvalue weighted by atomic mass is 16.3. The molecule has 0 spiro atoms. The summed E-state index contributed by atoms with van der Waals surface area (Å²) < 4.78 is 4.99. The van der Waals surface area contributed by atoms with Crippen molar-refractivity contribution in [1.82, 2.24) is 20.7 Å².